The second-order valence-corrected chi connectivity index (χ2v) is 3.73. The van der Waals surface area contributed by atoms with Crippen LogP contribution >= 0.6 is 0 Å². The number of rotatable bonds is 2. The quantitative estimate of drug-likeness (QED) is 0.420. The first-order chi connectivity index (χ1) is 5.51. The van der Waals surface area contributed by atoms with E-state index in [1.54, 1.807) is 0 Å². The molecule has 1 aliphatic heterocycles. The van der Waals surface area contributed by atoms with E-state index in [-0.39, 0.29) is 18.5 Å². The van der Waals surface area contributed by atoms with Crippen molar-refractivity contribution in [3.8, 4) is 0 Å². The SMILES string of the molecule is B[C@H](C)C1OCC(O)(CO)C1O. The fourth-order valence-electron chi connectivity index (χ4n) is 1.42. The van der Waals surface area contributed by atoms with Crippen molar-refractivity contribution in [2.45, 2.75) is 30.5 Å². The normalized spacial score (nSPS) is 44.7. The molecule has 0 spiro atoms. The number of aliphatic hydroxyl groups excluding tert-OH is 2. The van der Waals surface area contributed by atoms with Crippen molar-refractivity contribution in [3.63, 3.8) is 0 Å². The van der Waals surface area contributed by atoms with E-state index in [1.165, 1.54) is 0 Å². The van der Waals surface area contributed by atoms with Crippen LogP contribution in [-0.2, 0) is 4.74 Å². The molecule has 0 aromatic rings. The summed E-state index contributed by atoms with van der Waals surface area (Å²) in [4.78, 5) is 0. The van der Waals surface area contributed by atoms with Crippen molar-refractivity contribution in [2.24, 2.45) is 0 Å². The van der Waals surface area contributed by atoms with Gasteiger partial charge in [-0.05, 0) is 5.82 Å². The van der Waals surface area contributed by atoms with Gasteiger partial charge in [0.25, 0.3) is 0 Å². The molecular weight excluding hydrogens is 159 g/mol. The molecule has 0 aromatic heterocycles. The fourth-order valence-corrected chi connectivity index (χ4v) is 1.42. The zero-order valence-corrected chi connectivity index (χ0v) is 7.40. The van der Waals surface area contributed by atoms with Crippen molar-refractivity contribution in [1.82, 2.24) is 0 Å². The molecule has 1 saturated heterocycles. The van der Waals surface area contributed by atoms with Gasteiger partial charge in [-0.1, -0.05) is 6.92 Å². The first-order valence-electron chi connectivity index (χ1n) is 4.14. The molecule has 3 N–H and O–H groups in total. The molecule has 1 rings (SSSR count). The molecule has 0 aromatic carbocycles. The third-order valence-electron chi connectivity index (χ3n) is 2.32. The third-order valence-corrected chi connectivity index (χ3v) is 2.32. The monoisotopic (exact) mass is 174 g/mol. The Hall–Kier alpha value is -0.0951. The molecule has 5 heteroatoms. The van der Waals surface area contributed by atoms with Gasteiger partial charge in [0, 0.05) is 0 Å². The molecule has 4 nitrogen and oxygen atoms in total. The van der Waals surface area contributed by atoms with Crippen LogP contribution in [0.1, 0.15) is 6.92 Å². The summed E-state index contributed by atoms with van der Waals surface area (Å²) in [5, 5.41) is 27.9. The van der Waals surface area contributed by atoms with Crippen molar-refractivity contribution in [2.75, 3.05) is 13.2 Å². The first-order valence-corrected chi connectivity index (χ1v) is 4.14. The van der Waals surface area contributed by atoms with Crippen LogP contribution in [0.2, 0.25) is 5.82 Å². The van der Waals surface area contributed by atoms with Crippen LogP contribution in [0, 0.1) is 0 Å². The lowest BCUT2D eigenvalue weighted by Crippen LogP contribution is -2.47. The molecule has 12 heavy (non-hydrogen) atoms. The Morgan fingerprint density at radius 2 is 2.33 bits per heavy atom. The van der Waals surface area contributed by atoms with Gasteiger partial charge in [-0.15, -0.1) is 0 Å². The lowest BCUT2D eigenvalue weighted by molar-refractivity contribution is -0.0815. The second-order valence-electron chi connectivity index (χ2n) is 3.73. The van der Waals surface area contributed by atoms with E-state index in [4.69, 9.17) is 9.84 Å². The van der Waals surface area contributed by atoms with Gasteiger partial charge in [0.1, 0.15) is 19.6 Å². The second kappa shape index (κ2) is 3.34. The Kier molecular flexibility index (Phi) is 2.78. The Morgan fingerprint density at radius 3 is 2.58 bits per heavy atom. The van der Waals surface area contributed by atoms with Crippen LogP contribution in [0.25, 0.3) is 0 Å². The largest absolute Gasteiger partial charge is 0.393 e. The molecule has 1 fully saturated rings. The van der Waals surface area contributed by atoms with E-state index in [0.29, 0.717) is 0 Å². The minimum atomic E-state index is -1.46. The van der Waals surface area contributed by atoms with Crippen LogP contribution in [0.15, 0.2) is 0 Å². The van der Waals surface area contributed by atoms with E-state index in [9.17, 15) is 10.2 Å². The molecule has 70 valence electrons. The molecule has 3 unspecified atom stereocenters. The van der Waals surface area contributed by atoms with Crippen molar-refractivity contribution >= 4 is 7.85 Å². The topological polar surface area (TPSA) is 69.9 Å². The standard InChI is InChI=1S/C7H15BO4/c1-4(8)5-6(10)7(11,2-9)3-12-5/h4-6,9-11H,2-3,8H2,1H3/t4-,5?,6?,7?/m1/s1. The fraction of sp³-hybridized carbons (Fsp3) is 1.00. The van der Waals surface area contributed by atoms with Gasteiger partial charge in [0.05, 0.1) is 19.3 Å². The van der Waals surface area contributed by atoms with E-state index in [1.807, 2.05) is 14.8 Å². The van der Waals surface area contributed by atoms with E-state index in [2.05, 4.69) is 0 Å². The number of hydrogen-bond donors (Lipinski definition) is 3. The highest BCUT2D eigenvalue weighted by molar-refractivity contribution is 6.11. The van der Waals surface area contributed by atoms with Gasteiger partial charge >= 0.3 is 0 Å². The van der Waals surface area contributed by atoms with E-state index in [0.717, 1.165) is 0 Å². The van der Waals surface area contributed by atoms with Crippen molar-refractivity contribution in [3.05, 3.63) is 0 Å². The zero-order valence-electron chi connectivity index (χ0n) is 7.40. The maximum absolute atomic E-state index is 9.56. The van der Waals surface area contributed by atoms with Crippen LogP contribution in [0.3, 0.4) is 0 Å². The lowest BCUT2D eigenvalue weighted by Gasteiger charge is -2.25. The molecule has 0 saturated carbocycles. The lowest BCUT2D eigenvalue weighted by atomic mass is 9.80. The van der Waals surface area contributed by atoms with Gasteiger partial charge in [0.15, 0.2) is 0 Å². The summed E-state index contributed by atoms with van der Waals surface area (Å²) < 4.78 is 5.17. The minimum Gasteiger partial charge on any atom is -0.393 e. The van der Waals surface area contributed by atoms with E-state index >= 15 is 0 Å². The highest BCUT2D eigenvalue weighted by Crippen LogP contribution is 2.29. The summed E-state index contributed by atoms with van der Waals surface area (Å²) in [7, 11) is 1.90. The number of ether oxygens (including phenoxy) is 1. The Balaban J connectivity index is 2.66. The average Bonchev–Trinajstić information content (AvgIpc) is 2.30. The Morgan fingerprint density at radius 1 is 1.75 bits per heavy atom. The molecule has 1 heterocycles. The van der Waals surface area contributed by atoms with Crippen molar-refractivity contribution in [1.29, 1.82) is 0 Å². The summed E-state index contributed by atoms with van der Waals surface area (Å²) >= 11 is 0. The van der Waals surface area contributed by atoms with Gasteiger partial charge in [0.2, 0.25) is 0 Å². The molecule has 0 radical (unpaired) electrons. The van der Waals surface area contributed by atoms with Crippen LogP contribution in [0.5, 0.6) is 0 Å². The molecule has 0 bridgehead atoms. The smallest absolute Gasteiger partial charge is 0.139 e. The predicted octanol–water partition coefficient (Wildman–Crippen LogP) is -2.09. The van der Waals surface area contributed by atoms with Gasteiger partial charge in [-0.3, -0.25) is 0 Å². The van der Waals surface area contributed by atoms with Gasteiger partial charge in [-0.2, -0.15) is 0 Å². The minimum absolute atomic E-state index is 0.00745. The third kappa shape index (κ3) is 1.50. The highest BCUT2D eigenvalue weighted by atomic mass is 16.5. The molecule has 0 aliphatic carbocycles. The highest BCUT2D eigenvalue weighted by Gasteiger charge is 2.48. The first kappa shape index (κ1) is 9.99. The maximum atomic E-state index is 9.56. The van der Waals surface area contributed by atoms with Gasteiger partial charge < -0.3 is 20.1 Å². The summed E-state index contributed by atoms with van der Waals surface area (Å²) in [6, 6.07) is 0. The number of hydrogen-bond acceptors (Lipinski definition) is 4. The molecule has 4 atom stereocenters. The average molecular weight is 174 g/mol. The predicted molar refractivity (Wildman–Crippen MR) is 45.8 cm³/mol. The number of aliphatic hydroxyl groups is 3. The van der Waals surface area contributed by atoms with Crippen LogP contribution < -0.4 is 0 Å². The molecule has 1 aliphatic rings. The summed E-state index contributed by atoms with van der Waals surface area (Å²) in [5.74, 6) is 0.139. The summed E-state index contributed by atoms with van der Waals surface area (Å²) in [6.45, 7) is 1.45. The Labute approximate surface area is 72.6 Å². The van der Waals surface area contributed by atoms with Crippen LogP contribution in [0.4, 0.5) is 0 Å². The molecule has 0 amide bonds. The summed E-state index contributed by atoms with van der Waals surface area (Å²) in [6.07, 6.45) is -1.36. The zero-order chi connectivity index (χ0) is 9.35. The van der Waals surface area contributed by atoms with Crippen LogP contribution in [-0.4, -0.2) is 54.2 Å². The molecular formula is C7H15BO4. The maximum Gasteiger partial charge on any atom is 0.139 e. The summed E-state index contributed by atoms with van der Waals surface area (Å²) in [5.41, 5.74) is -1.46. The van der Waals surface area contributed by atoms with E-state index < -0.39 is 18.3 Å². The van der Waals surface area contributed by atoms with Gasteiger partial charge in [-0.25, -0.2) is 0 Å². The Bertz CT molecular complexity index is 163. The van der Waals surface area contributed by atoms with Crippen molar-refractivity contribution < 1.29 is 20.1 Å².